The van der Waals surface area contributed by atoms with E-state index in [2.05, 4.69) is 15.9 Å². The molecule has 0 saturated heterocycles. The number of primary amides is 1. The summed E-state index contributed by atoms with van der Waals surface area (Å²) in [5.74, 6) is -2.07. The first-order valence-corrected chi connectivity index (χ1v) is 7.79. The van der Waals surface area contributed by atoms with E-state index in [0.29, 0.717) is 4.47 Å². The minimum Gasteiger partial charge on any atom is -0.480 e. The van der Waals surface area contributed by atoms with Crippen molar-refractivity contribution in [1.29, 1.82) is 0 Å². The third kappa shape index (κ3) is 4.91. The van der Waals surface area contributed by atoms with Crippen LogP contribution >= 0.6 is 15.9 Å². The fourth-order valence-electron chi connectivity index (χ4n) is 1.41. The number of hydrogen-bond donors (Lipinski definition) is 3. The normalized spacial score (nSPS) is 12.8. The first-order valence-electron chi connectivity index (χ1n) is 5.51. The lowest BCUT2D eigenvalue weighted by Crippen LogP contribution is -2.41. The Kier molecular flexibility index (Phi) is 5.66. The Morgan fingerprint density at radius 3 is 2.55 bits per heavy atom. The first kappa shape index (κ1) is 16.6. The number of rotatable bonds is 7. The van der Waals surface area contributed by atoms with Crippen molar-refractivity contribution >= 4 is 37.8 Å². The molecule has 1 amide bonds. The molecule has 0 aliphatic carbocycles. The monoisotopic (exact) mass is 364 g/mol. The van der Waals surface area contributed by atoms with Crippen LogP contribution in [-0.4, -0.2) is 31.4 Å². The fraction of sp³-hybridized carbons (Fsp3) is 0.273. The molecule has 0 spiro atoms. The van der Waals surface area contributed by atoms with E-state index in [-0.39, 0.29) is 17.7 Å². The van der Waals surface area contributed by atoms with Crippen molar-refractivity contribution in [2.45, 2.75) is 23.8 Å². The maximum atomic E-state index is 12.0. The van der Waals surface area contributed by atoms with Gasteiger partial charge in [-0.3, -0.25) is 9.59 Å². The molecule has 110 valence electrons. The number of nitrogens with two attached hydrogens (primary N) is 1. The number of carboxylic acid groups (broad SMARTS) is 1. The highest BCUT2D eigenvalue weighted by Crippen LogP contribution is 2.16. The summed E-state index contributed by atoms with van der Waals surface area (Å²) in [6.07, 6.45) is -0.435. The summed E-state index contributed by atoms with van der Waals surface area (Å²) in [6, 6.07) is 4.42. The predicted molar refractivity (Wildman–Crippen MR) is 74.3 cm³/mol. The zero-order valence-corrected chi connectivity index (χ0v) is 12.6. The largest absolute Gasteiger partial charge is 0.480 e. The number of carbonyl (C=O) groups excluding carboxylic acids is 1. The van der Waals surface area contributed by atoms with E-state index in [1.165, 1.54) is 18.2 Å². The number of halogens is 1. The number of nitrogens with one attached hydrogen (secondary N) is 1. The van der Waals surface area contributed by atoms with Gasteiger partial charge < -0.3 is 10.8 Å². The Morgan fingerprint density at radius 2 is 2.05 bits per heavy atom. The van der Waals surface area contributed by atoms with Crippen LogP contribution in [0, 0.1) is 0 Å². The minimum absolute atomic E-state index is 0.0720. The summed E-state index contributed by atoms with van der Waals surface area (Å²) in [4.78, 5) is 21.6. The maximum Gasteiger partial charge on any atom is 0.321 e. The first-order chi connectivity index (χ1) is 9.22. The zero-order valence-electron chi connectivity index (χ0n) is 10.2. The highest BCUT2D eigenvalue weighted by atomic mass is 79.9. The van der Waals surface area contributed by atoms with Gasteiger partial charge in [-0.25, -0.2) is 8.42 Å². The van der Waals surface area contributed by atoms with Crippen LogP contribution in [0.2, 0.25) is 0 Å². The molecule has 0 saturated carbocycles. The Morgan fingerprint density at radius 1 is 1.40 bits per heavy atom. The van der Waals surface area contributed by atoms with Gasteiger partial charge in [-0.1, -0.05) is 22.0 Å². The van der Waals surface area contributed by atoms with Gasteiger partial charge in [-0.05, 0) is 24.6 Å². The predicted octanol–water partition coefficient (Wildman–Crippen LogP) is 0.446. The Hall–Kier alpha value is -1.45. The minimum atomic E-state index is -3.99. The summed E-state index contributed by atoms with van der Waals surface area (Å²) >= 11 is 3.13. The molecule has 1 rings (SSSR count). The van der Waals surface area contributed by atoms with Gasteiger partial charge in [0.25, 0.3) is 0 Å². The van der Waals surface area contributed by atoms with E-state index in [0.717, 1.165) is 0 Å². The van der Waals surface area contributed by atoms with Crippen LogP contribution in [0.15, 0.2) is 33.6 Å². The van der Waals surface area contributed by atoms with Crippen molar-refractivity contribution in [3.8, 4) is 0 Å². The van der Waals surface area contributed by atoms with E-state index in [4.69, 9.17) is 10.8 Å². The summed E-state index contributed by atoms with van der Waals surface area (Å²) in [6.45, 7) is 0. The molecule has 1 atom stereocenters. The van der Waals surface area contributed by atoms with Crippen LogP contribution in [0.25, 0.3) is 0 Å². The van der Waals surface area contributed by atoms with Gasteiger partial charge in [0.05, 0.1) is 4.90 Å². The van der Waals surface area contributed by atoms with E-state index >= 15 is 0 Å². The number of sulfonamides is 1. The van der Waals surface area contributed by atoms with Gasteiger partial charge in [-0.15, -0.1) is 0 Å². The SMILES string of the molecule is NC(=O)CC[C@@H](NS(=O)(=O)c1cccc(Br)c1)C(=O)O. The number of carbonyl (C=O) groups is 2. The van der Waals surface area contributed by atoms with Crippen molar-refractivity contribution in [2.24, 2.45) is 5.73 Å². The van der Waals surface area contributed by atoms with Crippen molar-refractivity contribution in [2.75, 3.05) is 0 Å². The van der Waals surface area contributed by atoms with Crippen LogP contribution in [0.1, 0.15) is 12.8 Å². The summed E-state index contributed by atoms with van der Waals surface area (Å²) in [7, 11) is -3.99. The third-order valence-electron chi connectivity index (χ3n) is 2.38. The molecular weight excluding hydrogens is 352 g/mol. The molecule has 20 heavy (non-hydrogen) atoms. The van der Waals surface area contributed by atoms with E-state index in [9.17, 15) is 18.0 Å². The molecule has 0 aliphatic rings. The van der Waals surface area contributed by atoms with E-state index in [1.54, 1.807) is 6.07 Å². The fourth-order valence-corrected chi connectivity index (χ4v) is 3.23. The quantitative estimate of drug-likeness (QED) is 0.647. The second kappa shape index (κ2) is 6.82. The molecule has 0 radical (unpaired) electrons. The molecule has 0 aliphatic heterocycles. The van der Waals surface area contributed by atoms with Crippen molar-refractivity contribution in [1.82, 2.24) is 4.72 Å². The molecule has 1 aromatic carbocycles. The van der Waals surface area contributed by atoms with Crippen LogP contribution < -0.4 is 10.5 Å². The number of carboxylic acids is 1. The van der Waals surface area contributed by atoms with Gasteiger partial charge in [0.2, 0.25) is 15.9 Å². The molecule has 4 N–H and O–H groups in total. The topological polar surface area (TPSA) is 127 Å². The van der Waals surface area contributed by atoms with E-state index in [1.807, 2.05) is 4.72 Å². The molecule has 0 aromatic heterocycles. The maximum absolute atomic E-state index is 12.0. The summed E-state index contributed by atoms with van der Waals surface area (Å²) in [5, 5.41) is 8.96. The molecule has 0 heterocycles. The van der Waals surface area contributed by atoms with Gasteiger partial charge >= 0.3 is 5.97 Å². The lowest BCUT2D eigenvalue weighted by molar-refractivity contribution is -0.139. The molecule has 7 nitrogen and oxygen atoms in total. The standard InChI is InChI=1S/C11H13BrN2O5S/c12-7-2-1-3-8(6-7)20(18,19)14-9(11(16)17)4-5-10(13)15/h1-3,6,9,14H,4-5H2,(H2,13,15)(H,16,17)/t9-/m1/s1. The molecule has 1 aromatic rings. The lowest BCUT2D eigenvalue weighted by Gasteiger charge is -2.14. The van der Waals surface area contributed by atoms with E-state index < -0.39 is 27.9 Å². The lowest BCUT2D eigenvalue weighted by atomic mass is 10.2. The van der Waals surface area contributed by atoms with Crippen molar-refractivity contribution < 1.29 is 23.1 Å². The van der Waals surface area contributed by atoms with Gasteiger partial charge in [0, 0.05) is 10.9 Å². The Balaban J connectivity index is 2.91. The summed E-state index contributed by atoms with van der Waals surface area (Å²) in [5.41, 5.74) is 4.92. The Bertz CT molecular complexity index is 617. The number of amides is 1. The Labute approximate surface area is 124 Å². The second-order valence-corrected chi connectivity index (χ2v) is 6.60. The molecule has 0 unspecified atom stereocenters. The van der Waals surface area contributed by atoms with Gasteiger partial charge in [-0.2, -0.15) is 4.72 Å². The van der Waals surface area contributed by atoms with Crippen molar-refractivity contribution in [3.63, 3.8) is 0 Å². The molecule has 0 bridgehead atoms. The second-order valence-electron chi connectivity index (χ2n) is 3.97. The number of hydrogen-bond acceptors (Lipinski definition) is 4. The van der Waals surface area contributed by atoms with Gasteiger partial charge in [0.1, 0.15) is 6.04 Å². The van der Waals surface area contributed by atoms with Crippen LogP contribution in [0.3, 0.4) is 0 Å². The number of benzene rings is 1. The third-order valence-corrected chi connectivity index (χ3v) is 4.34. The zero-order chi connectivity index (χ0) is 15.3. The smallest absolute Gasteiger partial charge is 0.321 e. The molecular formula is C11H13BrN2O5S. The van der Waals surface area contributed by atoms with Crippen LogP contribution in [0.4, 0.5) is 0 Å². The van der Waals surface area contributed by atoms with Crippen molar-refractivity contribution in [3.05, 3.63) is 28.7 Å². The highest BCUT2D eigenvalue weighted by molar-refractivity contribution is 9.10. The van der Waals surface area contributed by atoms with Gasteiger partial charge in [0.15, 0.2) is 0 Å². The summed E-state index contributed by atoms with van der Waals surface area (Å²) < 4.78 is 26.6. The number of aliphatic carboxylic acids is 1. The average Bonchev–Trinajstić information content (AvgIpc) is 2.34. The average molecular weight is 365 g/mol. The van der Waals surface area contributed by atoms with Crippen LogP contribution in [0.5, 0.6) is 0 Å². The van der Waals surface area contributed by atoms with Crippen LogP contribution in [-0.2, 0) is 19.6 Å². The highest BCUT2D eigenvalue weighted by Gasteiger charge is 2.25. The molecule has 9 heteroatoms. The molecule has 0 fully saturated rings.